The maximum atomic E-state index is 13.5. The minimum atomic E-state index is -0.341. The monoisotopic (exact) mass is 296 g/mol. The molecule has 0 atom stereocenters. The van der Waals surface area contributed by atoms with E-state index in [1.54, 1.807) is 35.1 Å². The van der Waals surface area contributed by atoms with Crippen LogP contribution in [0.4, 0.5) is 4.39 Å². The van der Waals surface area contributed by atoms with Gasteiger partial charge in [0.25, 0.3) is 5.91 Å². The van der Waals surface area contributed by atoms with Crippen molar-refractivity contribution in [3.8, 4) is 11.3 Å². The smallest absolute Gasteiger partial charge is 0.287 e. The van der Waals surface area contributed by atoms with E-state index in [0.717, 1.165) is 12.8 Å². The summed E-state index contributed by atoms with van der Waals surface area (Å²) in [6.07, 6.45) is 6.92. The number of imidazole rings is 1. The first-order chi connectivity index (χ1) is 10.7. The summed E-state index contributed by atoms with van der Waals surface area (Å²) in [4.78, 5) is 20.8. The van der Waals surface area contributed by atoms with Gasteiger partial charge in [-0.25, -0.2) is 9.37 Å². The number of carbonyl (C=O) groups is 1. The van der Waals surface area contributed by atoms with Gasteiger partial charge in [0, 0.05) is 24.0 Å². The Kier molecular flexibility index (Phi) is 2.89. The fourth-order valence-electron chi connectivity index (χ4n) is 2.42. The molecule has 5 nitrogen and oxygen atoms in total. The lowest BCUT2D eigenvalue weighted by Gasteiger charge is -2.01. The number of fused-ring (bicyclic) bond motifs is 1. The molecule has 0 spiro atoms. The van der Waals surface area contributed by atoms with Crippen molar-refractivity contribution in [1.82, 2.24) is 19.7 Å². The Morgan fingerprint density at radius 2 is 2.23 bits per heavy atom. The highest BCUT2D eigenvalue weighted by atomic mass is 19.1. The van der Waals surface area contributed by atoms with E-state index in [2.05, 4.69) is 15.3 Å². The van der Waals surface area contributed by atoms with Gasteiger partial charge < -0.3 is 5.32 Å². The van der Waals surface area contributed by atoms with Crippen molar-refractivity contribution in [2.75, 3.05) is 0 Å². The molecule has 0 unspecified atom stereocenters. The van der Waals surface area contributed by atoms with Gasteiger partial charge in [-0.15, -0.1) is 0 Å². The molecule has 1 aromatic carbocycles. The summed E-state index contributed by atoms with van der Waals surface area (Å²) in [5.74, 6) is -0.263. The van der Waals surface area contributed by atoms with Crippen LogP contribution in [0.1, 0.15) is 23.5 Å². The summed E-state index contributed by atoms with van der Waals surface area (Å²) in [6.45, 7) is 0. The summed E-state index contributed by atoms with van der Waals surface area (Å²) < 4.78 is 15.2. The van der Waals surface area contributed by atoms with E-state index < -0.39 is 0 Å². The third-order valence-electron chi connectivity index (χ3n) is 3.66. The summed E-state index contributed by atoms with van der Waals surface area (Å²) in [5.41, 5.74) is 1.85. The number of hydrogen-bond acceptors (Lipinski definition) is 3. The Morgan fingerprint density at radius 3 is 3.00 bits per heavy atom. The van der Waals surface area contributed by atoms with Crippen molar-refractivity contribution in [2.24, 2.45) is 0 Å². The number of nitrogens with zero attached hydrogens (tertiary/aromatic N) is 3. The van der Waals surface area contributed by atoms with Crippen LogP contribution in [0.25, 0.3) is 16.8 Å². The number of rotatable bonds is 3. The van der Waals surface area contributed by atoms with Crippen LogP contribution in [-0.4, -0.2) is 26.3 Å². The van der Waals surface area contributed by atoms with Gasteiger partial charge in [-0.1, -0.05) is 12.1 Å². The zero-order valence-electron chi connectivity index (χ0n) is 11.7. The predicted octanol–water partition coefficient (Wildman–Crippen LogP) is 2.43. The molecule has 3 aromatic rings. The third kappa shape index (κ3) is 2.22. The van der Waals surface area contributed by atoms with E-state index in [4.69, 9.17) is 0 Å². The molecule has 22 heavy (non-hydrogen) atoms. The number of carbonyl (C=O) groups excluding carboxylic acids is 1. The molecule has 0 radical (unpaired) electrons. The number of nitrogens with one attached hydrogen (secondary N) is 1. The van der Waals surface area contributed by atoms with Gasteiger partial charge in [-0.05, 0) is 25.0 Å². The summed E-state index contributed by atoms with van der Waals surface area (Å²) in [5, 5.41) is 2.92. The Bertz CT molecular complexity index is 869. The molecular weight excluding hydrogens is 283 g/mol. The van der Waals surface area contributed by atoms with Crippen molar-refractivity contribution in [3.63, 3.8) is 0 Å². The molecule has 1 aliphatic rings. The standard InChI is InChI=1S/C16H13FN4O/c17-11-3-1-2-10(8-11)14-13-9-18-6-7-21(13)15(20-14)16(22)19-12-4-5-12/h1-3,6-9,12H,4-5H2,(H,19,22). The minimum absolute atomic E-state index is 0.216. The highest BCUT2D eigenvalue weighted by molar-refractivity contribution is 5.94. The highest BCUT2D eigenvalue weighted by Crippen LogP contribution is 2.26. The number of amides is 1. The van der Waals surface area contributed by atoms with Gasteiger partial charge >= 0.3 is 0 Å². The largest absolute Gasteiger partial charge is 0.347 e. The van der Waals surface area contributed by atoms with Gasteiger partial charge in [0.05, 0.1) is 17.4 Å². The van der Waals surface area contributed by atoms with Gasteiger partial charge in [0.15, 0.2) is 0 Å². The van der Waals surface area contributed by atoms with E-state index in [-0.39, 0.29) is 17.8 Å². The van der Waals surface area contributed by atoms with E-state index in [0.29, 0.717) is 22.6 Å². The lowest BCUT2D eigenvalue weighted by Crippen LogP contribution is -2.27. The van der Waals surface area contributed by atoms with Gasteiger partial charge in [-0.2, -0.15) is 0 Å². The third-order valence-corrected chi connectivity index (χ3v) is 3.66. The number of hydrogen-bond donors (Lipinski definition) is 1. The molecule has 0 saturated heterocycles. The SMILES string of the molecule is O=C(NC1CC1)c1nc(-c2cccc(F)c2)c2cnccn12. The first kappa shape index (κ1) is 12.9. The van der Waals surface area contributed by atoms with Crippen LogP contribution < -0.4 is 5.32 Å². The van der Waals surface area contributed by atoms with Crippen molar-refractivity contribution < 1.29 is 9.18 Å². The van der Waals surface area contributed by atoms with E-state index in [1.165, 1.54) is 12.1 Å². The Labute approximate surface area is 125 Å². The van der Waals surface area contributed by atoms with Crippen LogP contribution in [0.3, 0.4) is 0 Å². The normalized spacial score (nSPS) is 14.2. The maximum absolute atomic E-state index is 13.5. The number of halogens is 1. The Balaban J connectivity index is 1.86. The second-order valence-corrected chi connectivity index (χ2v) is 5.37. The average molecular weight is 296 g/mol. The fraction of sp³-hybridized carbons (Fsp3) is 0.188. The van der Waals surface area contributed by atoms with Gasteiger partial charge in [-0.3, -0.25) is 14.2 Å². The molecule has 1 amide bonds. The van der Waals surface area contributed by atoms with E-state index >= 15 is 0 Å². The molecule has 1 aliphatic carbocycles. The molecule has 4 rings (SSSR count). The van der Waals surface area contributed by atoms with Crippen LogP contribution >= 0.6 is 0 Å². The number of benzene rings is 1. The maximum Gasteiger partial charge on any atom is 0.287 e. The van der Waals surface area contributed by atoms with Crippen molar-refractivity contribution >= 4 is 11.4 Å². The molecule has 1 saturated carbocycles. The van der Waals surface area contributed by atoms with Gasteiger partial charge in [0.1, 0.15) is 5.82 Å². The van der Waals surface area contributed by atoms with Crippen molar-refractivity contribution in [3.05, 3.63) is 54.5 Å². The Morgan fingerprint density at radius 1 is 1.36 bits per heavy atom. The van der Waals surface area contributed by atoms with Crippen LogP contribution in [0.5, 0.6) is 0 Å². The molecule has 0 bridgehead atoms. The van der Waals surface area contributed by atoms with Crippen molar-refractivity contribution in [2.45, 2.75) is 18.9 Å². The highest BCUT2D eigenvalue weighted by Gasteiger charge is 2.26. The van der Waals surface area contributed by atoms with Crippen LogP contribution in [0, 0.1) is 5.82 Å². The van der Waals surface area contributed by atoms with Crippen molar-refractivity contribution in [1.29, 1.82) is 0 Å². The van der Waals surface area contributed by atoms with Gasteiger partial charge in [0.2, 0.25) is 5.82 Å². The first-order valence-electron chi connectivity index (χ1n) is 7.11. The van der Waals surface area contributed by atoms with E-state index in [9.17, 15) is 9.18 Å². The van der Waals surface area contributed by atoms with Crippen LogP contribution in [0.15, 0.2) is 42.9 Å². The average Bonchev–Trinajstić information content (AvgIpc) is 3.25. The fourth-order valence-corrected chi connectivity index (χ4v) is 2.42. The summed E-state index contributed by atoms with van der Waals surface area (Å²) >= 11 is 0. The molecule has 1 N–H and O–H groups in total. The quantitative estimate of drug-likeness (QED) is 0.807. The summed E-state index contributed by atoms with van der Waals surface area (Å²) in [6, 6.07) is 6.41. The zero-order valence-corrected chi connectivity index (χ0v) is 11.7. The molecule has 2 aromatic heterocycles. The molecular formula is C16H13FN4O. The first-order valence-corrected chi connectivity index (χ1v) is 7.11. The molecule has 0 aliphatic heterocycles. The predicted molar refractivity (Wildman–Crippen MR) is 78.9 cm³/mol. The lowest BCUT2D eigenvalue weighted by molar-refractivity contribution is 0.0940. The minimum Gasteiger partial charge on any atom is -0.347 e. The lowest BCUT2D eigenvalue weighted by atomic mass is 10.1. The van der Waals surface area contributed by atoms with Crippen LogP contribution in [0.2, 0.25) is 0 Å². The second-order valence-electron chi connectivity index (χ2n) is 5.37. The Hall–Kier alpha value is -2.76. The molecule has 2 heterocycles. The zero-order chi connectivity index (χ0) is 15.1. The van der Waals surface area contributed by atoms with E-state index in [1.807, 2.05) is 0 Å². The van der Waals surface area contributed by atoms with Crippen LogP contribution in [-0.2, 0) is 0 Å². The summed E-state index contributed by atoms with van der Waals surface area (Å²) in [7, 11) is 0. The number of aromatic nitrogens is 3. The molecule has 1 fully saturated rings. The second kappa shape index (κ2) is 4.91. The molecule has 110 valence electrons. The molecule has 6 heteroatoms. The topological polar surface area (TPSA) is 59.3 Å².